The average Bonchev–Trinajstić information content (AvgIpc) is 3.33. The van der Waals surface area contributed by atoms with Crippen LogP contribution in [-0.4, -0.2) is 34.7 Å². The van der Waals surface area contributed by atoms with Crippen molar-refractivity contribution in [3.63, 3.8) is 0 Å². The van der Waals surface area contributed by atoms with Crippen LogP contribution in [0.2, 0.25) is 5.02 Å². The molecule has 1 unspecified atom stereocenters. The van der Waals surface area contributed by atoms with Crippen LogP contribution in [0.25, 0.3) is 10.6 Å². The number of rotatable bonds is 10. The molecule has 0 aliphatic rings. The normalized spacial score (nSPS) is 11.6. The van der Waals surface area contributed by atoms with Crippen molar-refractivity contribution in [3.8, 4) is 10.6 Å². The Labute approximate surface area is 212 Å². The van der Waals surface area contributed by atoms with Crippen molar-refractivity contribution in [2.75, 3.05) is 11.9 Å². The fraction of sp³-hybridized carbons (Fsp3) is 0.154. The van der Waals surface area contributed by atoms with Gasteiger partial charge >= 0.3 is 0 Å². The number of aromatic nitrogens is 2. The summed E-state index contributed by atoms with van der Waals surface area (Å²) in [5, 5.41) is 15.3. The van der Waals surface area contributed by atoms with E-state index in [-0.39, 0.29) is 18.4 Å². The number of hydrogen-bond donors (Lipinski definition) is 2. The molecule has 0 spiro atoms. The van der Waals surface area contributed by atoms with Gasteiger partial charge in [0.1, 0.15) is 17.7 Å². The fourth-order valence-electron chi connectivity index (χ4n) is 3.34. The second-order valence-electron chi connectivity index (χ2n) is 7.70. The van der Waals surface area contributed by atoms with Gasteiger partial charge in [-0.05, 0) is 23.3 Å². The predicted octanol–water partition coefficient (Wildman–Crippen LogP) is 4.74. The molecule has 1 heterocycles. The van der Waals surface area contributed by atoms with Gasteiger partial charge in [0.05, 0.1) is 6.61 Å². The topological polar surface area (TPSA) is 93.2 Å². The van der Waals surface area contributed by atoms with E-state index in [1.54, 1.807) is 12.1 Å². The maximum absolute atomic E-state index is 13.1. The smallest absolute Gasteiger partial charge is 0.249 e. The van der Waals surface area contributed by atoms with Crippen LogP contribution in [0.5, 0.6) is 0 Å². The molecule has 0 fully saturated rings. The molecule has 0 bridgehead atoms. The van der Waals surface area contributed by atoms with Crippen LogP contribution in [0.1, 0.15) is 11.1 Å². The lowest BCUT2D eigenvalue weighted by molar-refractivity contribution is -0.130. The van der Waals surface area contributed by atoms with Gasteiger partial charge in [-0.1, -0.05) is 95.7 Å². The number of nitrogens with one attached hydrogen (secondary N) is 2. The molecule has 7 nitrogen and oxygen atoms in total. The number of carbonyl (C=O) groups excluding carboxylic acids is 2. The van der Waals surface area contributed by atoms with E-state index in [9.17, 15) is 9.59 Å². The lowest BCUT2D eigenvalue weighted by Gasteiger charge is -2.18. The first-order valence-electron chi connectivity index (χ1n) is 10.9. The van der Waals surface area contributed by atoms with Gasteiger partial charge in [-0.3, -0.25) is 14.9 Å². The van der Waals surface area contributed by atoms with Gasteiger partial charge < -0.3 is 10.1 Å². The minimum atomic E-state index is -0.816. The third kappa shape index (κ3) is 7.45. The zero-order chi connectivity index (χ0) is 24.5. The maximum Gasteiger partial charge on any atom is 0.249 e. The molecule has 3 aromatic carbocycles. The van der Waals surface area contributed by atoms with Crippen molar-refractivity contribution >= 4 is 39.9 Å². The van der Waals surface area contributed by atoms with E-state index in [4.69, 9.17) is 16.3 Å². The summed E-state index contributed by atoms with van der Waals surface area (Å²) in [7, 11) is 0. The summed E-state index contributed by atoms with van der Waals surface area (Å²) in [6.07, 6.45) is 0.317. The third-order valence-electron chi connectivity index (χ3n) is 5.01. The fourth-order valence-corrected chi connectivity index (χ4v) is 4.27. The number of nitrogens with zero attached hydrogens (tertiary/aromatic N) is 2. The largest absolute Gasteiger partial charge is 0.367 e. The molecule has 2 N–H and O–H groups in total. The van der Waals surface area contributed by atoms with Crippen LogP contribution >= 0.6 is 22.9 Å². The Morgan fingerprint density at radius 2 is 1.63 bits per heavy atom. The Morgan fingerprint density at radius 3 is 2.34 bits per heavy atom. The van der Waals surface area contributed by atoms with Gasteiger partial charge in [0, 0.05) is 17.0 Å². The van der Waals surface area contributed by atoms with E-state index in [1.165, 1.54) is 11.3 Å². The lowest BCUT2D eigenvalue weighted by atomic mass is 10.1. The number of carbonyl (C=O) groups is 2. The summed E-state index contributed by atoms with van der Waals surface area (Å²) < 4.78 is 5.52. The number of halogens is 1. The van der Waals surface area contributed by atoms with Crippen LogP contribution in [0.4, 0.5) is 5.13 Å². The summed E-state index contributed by atoms with van der Waals surface area (Å²) in [4.78, 5) is 25.7. The van der Waals surface area contributed by atoms with E-state index < -0.39 is 6.04 Å². The second-order valence-corrected chi connectivity index (χ2v) is 9.11. The Morgan fingerprint density at radius 1 is 0.914 bits per heavy atom. The molecule has 35 heavy (non-hydrogen) atoms. The van der Waals surface area contributed by atoms with Crippen LogP contribution in [0.3, 0.4) is 0 Å². The van der Waals surface area contributed by atoms with E-state index in [0.29, 0.717) is 28.2 Å². The number of anilines is 1. The zero-order valence-electron chi connectivity index (χ0n) is 18.7. The third-order valence-corrected chi connectivity index (χ3v) is 6.13. The highest BCUT2D eigenvalue weighted by molar-refractivity contribution is 7.18. The van der Waals surface area contributed by atoms with Gasteiger partial charge in [-0.15, -0.1) is 10.2 Å². The van der Waals surface area contributed by atoms with Crippen molar-refractivity contribution < 1.29 is 14.3 Å². The molecule has 0 saturated carbocycles. The van der Waals surface area contributed by atoms with Crippen molar-refractivity contribution in [2.24, 2.45) is 0 Å². The summed E-state index contributed by atoms with van der Waals surface area (Å²) in [6, 6.07) is 25.5. The minimum Gasteiger partial charge on any atom is -0.367 e. The number of benzene rings is 3. The number of hydrogen-bond acceptors (Lipinski definition) is 6. The molecular weight excluding hydrogens is 484 g/mol. The summed E-state index contributed by atoms with van der Waals surface area (Å²) in [5.74, 6) is -0.770. The van der Waals surface area contributed by atoms with Crippen LogP contribution < -0.4 is 10.6 Å². The van der Waals surface area contributed by atoms with Crippen molar-refractivity contribution in [1.82, 2.24) is 15.5 Å². The second kappa shape index (κ2) is 12.2. The Kier molecular flexibility index (Phi) is 8.56. The highest BCUT2D eigenvalue weighted by Gasteiger charge is 2.23. The Hall–Kier alpha value is -3.59. The predicted molar refractivity (Wildman–Crippen MR) is 137 cm³/mol. The van der Waals surface area contributed by atoms with E-state index in [2.05, 4.69) is 20.8 Å². The van der Waals surface area contributed by atoms with Gasteiger partial charge in [-0.2, -0.15) is 0 Å². The van der Waals surface area contributed by atoms with Crippen molar-refractivity contribution in [1.29, 1.82) is 0 Å². The molecule has 9 heteroatoms. The Bertz CT molecular complexity index is 1270. The van der Waals surface area contributed by atoms with Crippen molar-refractivity contribution in [3.05, 3.63) is 101 Å². The number of amides is 2. The molecule has 1 atom stereocenters. The SMILES string of the molecule is O=C(COCc1ccccc1)NC(Cc1ccccc1)C(=O)Nc1nnc(-c2cccc(Cl)c2)s1. The van der Waals surface area contributed by atoms with E-state index in [1.807, 2.05) is 72.8 Å². The molecule has 0 saturated heterocycles. The van der Waals surface area contributed by atoms with Crippen molar-refractivity contribution in [2.45, 2.75) is 19.1 Å². The molecular formula is C26H23ClN4O3S. The molecule has 4 aromatic rings. The van der Waals surface area contributed by atoms with Gasteiger partial charge in [-0.25, -0.2) is 0 Å². The Balaban J connectivity index is 1.40. The van der Waals surface area contributed by atoms with E-state index in [0.717, 1.165) is 16.7 Å². The number of ether oxygens (including phenoxy) is 1. The average molecular weight is 507 g/mol. The quantitative estimate of drug-likeness (QED) is 0.324. The molecule has 1 aromatic heterocycles. The molecule has 0 radical (unpaired) electrons. The van der Waals surface area contributed by atoms with Gasteiger partial charge in [0.15, 0.2) is 0 Å². The van der Waals surface area contributed by atoms with Gasteiger partial charge in [0.2, 0.25) is 16.9 Å². The van der Waals surface area contributed by atoms with Crippen LogP contribution in [0.15, 0.2) is 84.9 Å². The van der Waals surface area contributed by atoms with E-state index >= 15 is 0 Å². The van der Waals surface area contributed by atoms with Gasteiger partial charge in [0.25, 0.3) is 0 Å². The molecule has 0 aliphatic carbocycles. The van der Waals surface area contributed by atoms with Crippen LogP contribution in [-0.2, 0) is 27.4 Å². The molecule has 2 amide bonds. The lowest BCUT2D eigenvalue weighted by Crippen LogP contribution is -2.46. The first kappa shape index (κ1) is 24.5. The minimum absolute atomic E-state index is 0.162. The standard InChI is InChI=1S/C26H23ClN4O3S/c27-21-13-7-12-20(15-21)25-30-31-26(35-25)29-24(33)22(14-18-8-3-1-4-9-18)28-23(32)17-34-16-19-10-5-2-6-11-19/h1-13,15,22H,14,16-17H2,(H,28,32)(H,29,31,33). The molecule has 4 rings (SSSR count). The first-order chi connectivity index (χ1) is 17.1. The molecule has 178 valence electrons. The maximum atomic E-state index is 13.1. The summed E-state index contributed by atoms with van der Waals surface area (Å²) in [6.45, 7) is 0.145. The summed E-state index contributed by atoms with van der Waals surface area (Å²) >= 11 is 7.29. The highest BCUT2D eigenvalue weighted by Crippen LogP contribution is 2.28. The monoisotopic (exact) mass is 506 g/mol. The first-order valence-corrected chi connectivity index (χ1v) is 12.1. The molecule has 0 aliphatic heterocycles. The highest BCUT2D eigenvalue weighted by atomic mass is 35.5. The summed E-state index contributed by atoms with van der Waals surface area (Å²) in [5.41, 5.74) is 2.68. The zero-order valence-corrected chi connectivity index (χ0v) is 20.3. The van der Waals surface area contributed by atoms with Crippen LogP contribution in [0, 0.1) is 0 Å².